The number of nitrogens with zero attached hydrogens (tertiary/aromatic N) is 1. The van der Waals surface area contributed by atoms with Gasteiger partial charge < -0.3 is 19.9 Å². The molecule has 5 nitrogen and oxygen atoms in total. The molecule has 1 aliphatic rings. The van der Waals surface area contributed by atoms with Crippen LogP contribution >= 0.6 is 0 Å². The van der Waals surface area contributed by atoms with Crippen LogP contribution in [0.5, 0.6) is 17.2 Å². The third kappa shape index (κ3) is 3.57. The zero-order valence-electron chi connectivity index (χ0n) is 15.1. The lowest BCUT2D eigenvalue weighted by Gasteiger charge is -2.37. The highest BCUT2D eigenvalue weighted by molar-refractivity contribution is 5.49. The van der Waals surface area contributed by atoms with Crippen LogP contribution in [0, 0.1) is 0 Å². The van der Waals surface area contributed by atoms with Crippen LogP contribution in [0.2, 0.25) is 0 Å². The Hall–Kier alpha value is -2.24. The van der Waals surface area contributed by atoms with E-state index >= 15 is 0 Å². The molecule has 5 heteroatoms. The van der Waals surface area contributed by atoms with E-state index < -0.39 is 0 Å². The number of ether oxygens (including phenoxy) is 3. The Morgan fingerprint density at radius 3 is 2.28 bits per heavy atom. The average molecular weight is 342 g/mol. The van der Waals surface area contributed by atoms with E-state index in [1.165, 1.54) is 16.7 Å². The van der Waals surface area contributed by atoms with Crippen molar-refractivity contribution in [2.24, 2.45) is 5.73 Å². The van der Waals surface area contributed by atoms with Crippen LogP contribution in [0.25, 0.3) is 0 Å². The van der Waals surface area contributed by atoms with E-state index in [9.17, 15) is 0 Å². The van der Waals surface area contributed by atoms with Gasteiger partial charge in [-0.15, -0.1) is 0 Å². The molecule has 0 aliphatic carbocycles. The number of rotatable bonds is 6. The Morgan fingerprint density at radius 2 is 1.68 bits per heavy atom. The Balaban J connectivity index is 1.86. The standard InChI is InChI=1S/C20H26N2O3/c1-23-16-6-4-14(5-7-16)13-22-9-8-15-10-19(24-2)20(25-3)11-17(15)18(22)12-21/h4-7,10-11,18H,8-9,12-13,21H2,1-3H3/t18-/m0/s1. The molecule has 0 unspecified atom stereocenters. The van der Waals surface area contributed by atoms with E-state index in [1.807, 2.05) is 12.1 Å². The molecule has 2 aromatic rings. The van der Waals surface area contributed by atoms with Crippen molar-refractivity contribution in [3.63, 3.8) is 0 Å². The van der Waals surface area contributed by atoms with E-state index in [-0.39, 0.29) is 6.04 Å². The molecule has 0 saturated carbocycles. The number of fused-ring (bicyclic) bond motifs is 1. The van der Waals surface area contributed by atoms with Crippen molar-refractivity contribution in [1.29, 1.82) is 0 Å². The first-order valence-electron chi connectivity index (χ1n) is 8.52. The summed E-state index contributed by atoms with van der Waals surface area (Å²) >= 11 is 0. The Bertz CT molecular complexity index is 716. The number of hydrogen-bond donors (Lipinski definition) is 1. The molecular formula is C20H26N2O3. The van der Waals surface area contributed by atoms with Gasteiger partial charge in [-0.1, -0.05) is 12.1 Å². The molecule has 25 heavy (non-hydrogen) atoms. The third-order valence-electron chi connectivity index (χ3n) is 4.88. The lowest BCUT2D eigenvalue weighted by Crippen LogP contribution is -2.38. The first kappa shape index (κ1) is 17.6. The molecule has 3 rings (SSSR count). The van der Waals surface area contributed by atoms with E-state index in [0.29, 0.717) is 6.54 Å². The van der Waals surface area contributed by atoms with Crippen LogP contribution in [-0.2, 0) is 13.0 Å². The fraction of sp³-hybridized carbons (Fsp3) is 0.400. The van der Waals surface area contributed by atoms with Crippen LogP contribution < -0.4 is 19.9 Å². The molecular weight excluding hydrogens is 316 g/mol. The van der Waals surface area contributed by atoms with E-state index in [2.05, 4.69) is 29.2 Å². The lowest BCUT2D eigenvalue weighted by molar-refractivity contribution is 0.180. The second-order valence-corrected chi connectivity index (χ2v) is 6.23. The predicted octanol–water partition coefficient (Wildman–Crippen LogP) is 2.77. The Labute approximate surface area is 149 Å². The van der Waals surface area contributed by atoms with Gasteiger partial charge in [0, 0.05) is 25.7 Å². The van der Waals surface area contributed by atoms with Gasteiger partial charge in [0.25, 0.3) is 0 Å². The maximum Gasteiger partial charge on any atom is 0.161 e. The topological polar surface area (TPSA) is 57.0 Å². The van der Waals surface area contributed by atoms with Gasteiger partial charge in [0.05, 0.1) is 21.3 Å². The smallest absolute Gasteiger partial charge is 0.161 e. The molecule has 1 aliphatic heterocycles. The van der Waals surface area contributed by atoms with Gasteiger partial charge >= 0.3 is 0 Å². The Morgan fingerprint density at radius 1 is 1.00 bits per heavy atom. The van der Waals surface area contributed by atoms with Crippen molar-refractivity contribution in [1.82, 2.24) is 4.90 Å². The lowest BCUT2D eigenvalue weighted by atomic mass is 9.91. The largest absolute Gasteiger partial charge is 0.497 e. The van der Waals surface area contributed by atoms with Crippen LogP contribution in [0.4, 0.5) is 0 Å². The van der Waals surface area contributed by atoms with E-state index in [0.717, 1.165) is 36.8 Å². The van der Waals surface area contributed by atoms with Crippen molar-refractivity contribution < 1.29 is 14.2 Å². The highest BCUT2D eigenvalue weighted by Crippen LogP contribution is 2.38. The maximum atomic E-state index is 6.14. The van der Waals surface area contributed by atoms with Crippen molar-refractivity contribution in [2.75, 3.05) is 34.4 Å². The summed E-state index contributed by atoms with van der Waals surface area (Å²) in [6.45, 7) is 2.40. The molecule has 0 fully saturated rings. The monoisotopic (exact) mass is 342 g/mol. The van der Waals surface area contributed by atoms with Crippen molar-refractivity contribution in [3.8, 4) is 17.2 Å². The molecule has 0 saturated heterocycles. The molecule has 0 bridgehead atoms. The minimum Gasteiger partial charge on any atom is -0.497 e. The van der Waals surface area contributed by atoms with Crippen molar-refractivity contribution >= 4 is 0 Å². The summed E-state index contributed by atoms with van der Waals surface area (Å²) in [5.41, 5.74) is 9.92. The fourth-order valence-corrected chi connectivity index (χ4v) is 3.51. The second-order valence-electron chi connectivity index (χ2n) is 6.23. The predicted molar refractivity (Wildman–Crippen MR) is 98.4 cm³/mol. The molecule has 0 radical (unpaired) electrons. The molecule has 1 heterocycles. The minimum absolute atomic E-state index is 0.172. The molecule has 0 amide bonds. The van der Waals surface area contributed by atoms with Crippen molar-refractivity contribution in [3.05, 3.63) is 53.1 Å². The van der Waals surface area contributed by atoms with Gasteiger partial charge in [-0.2, -0.15) is 0 Å². The van der Waals surface area contributed by atoms with Crippen LogP contribution in [0.3, 0.4) is 0 Å². The molecule has 2 aromatic carbocycles. The van der Waals surface area contributed by atoms with Crippen LogP contribution in [0.15, 0.2) is 36.4 Å². The first-order valence-corrected chi connectivity index (χ1v) is 8.52. The molecule has 1 atom stereocenters. The highest BCUT2D eigenvalue weighted by atomic mass is 16.5. The summed E-state index contributed by atoms with van der Waals surface area (Å²) in [6, 6.07) is 12.5. The maximum absolute atomic E-state index is 6.14. The molecule has 0 aromatic heterocycles. The van der Waals surface area contributed by atoms with Gasteiger partial charge in [0.1, 0.15) is 5.75 Å². The third-order valence-corrected chi connectivity index (χ3v) is 4.88. The van der Waals surface area contributed by atoms with E-state index in [1.54, 1.807) is 21.3 Å². The second kappa shape index (κ2) is 7.76. The summed E-state index contributed by atoms with van der Waals surface area (Å²) in [5.74, 6) is 2.41. The fourth-order valence-electron chi connectivity index (χ4n) is 3.51. The van der Waals surface area contributed by atoms with Crippen LogP contribution in [0.1, 0.15) is 22.7 Å². The van der Waals surface area contributed by atoms with Crippen molar-refractivity contribution in [2.45, 2.75) is 19.0 Å². The first-order chi connectivity index (χ1) is 12.2. The summed E-state index contributed by atoms with van der Waals surface area (Å²) in [6.07, 6.45) is 0.975. The average Bonchev–Trinajstić information content (AvgIpc) is 2.67. The van der Waals surface area contributed by atoms with Gasteiger partial charge in [0.15, 0.2) is 11.5 Å². The number of hydrogen-bond acceptors (Lipinski definition) is 5. The van der Waals surface area contributed by atoms with Crippen LogP contribution in [-0.4, -0.2) is 39.3 Å². The quantitative estimate of drug-likeness (QED) is 0.875. The van der Waals surface area contributed by atoms with Gasteiger partial charge in [-0.25, -0.2) is 0 Å². The van der Waals surface area contributed by atoms with E-state index in [4.69, 9.17) is 19.9 Å². The summed E-state index contributed by atoms with van der Waals surface area (Å²) < 4.78 is 16.1. The molecule has 0 spiro atoms. The normalized spacial score (nSPS) is 17.0. The summed E-state index contributed by atoms with van der Waals surface area (Å²) in [7, 11) is 5.02. The number of benzene rings is 2. The van der Waals surface area contributed by atoms with Gasteiger partial charge in [-0.3, -0.25) is 4.90 Å². The Kier molecular flexibility index (Phi) is 5.46. The number of nitrogens with two attached hydrogens (primary N) is 1. The summed E-state index contributed by atoms with van der Waals surface area (Å²) in [5, 5.41) is 0. The zero-order valence-corrected chi connectivity index (χ0v) is 15.1. The number of methoxy groups -OCH3 is 3. The minimum atomic E-state index is 0.172. The molecule has 134 valence electrons. The zero-order chi connectivity index (χ0) is 17.8. The SMILES string of the molecule is COc1ccc(CN2CCc3cc(OC)c(OC)cc3[C@@H]2CN)cc1. The highest BCUT2D eigenvalue weighted by Gasteiger charge is 2.28. The molecule has 2 N–H and O–H groups in total. The summed E-state index contributed by atoms with van der Waals surface area (Å²) in [4.78, 5) is 2.43. The van der Waals surface area contributed by atoms with Gasteiger partial charge in [0.2, 0.25) is 0 Å². The van der Waals surface area contributed by atoms with Gasteiger partial charge in [-0.05, 0) is 47.4 Å².